The molecule has 0 rings (SSSR count). The lowest BCUT2D eigenvalue weighted by molar-refractivity contribution is 0.603. The van der Waals surface area contributed by atoms with Crippen molar-refractivity contribution in [2.75, 3.05) is 0 Å². The number of nitrogens with one attached hydrogen (secondary N) is 1. The molecule has 0 fully saturated rings. The Hall–Kier alpha value is -0.610. The van der Waals surface area contributed by atoms with E-state index in [9.17, 15) is 8.42 Å². The number of allylic oxidation sites excluding steroid dienone is 1. The maximum Gasteiger partial charge on any atom is 0.253 e. The molecule has 0 aromatic carbocycles. The second-order valence-electron chi connectivity index (χ2n) is 1.17. The van der Waals surface area contributed by atoms with Gasteiger partial charge in [-0.2, -0.15) is 0 Å². The molecule has 45 valence electrons. The third-order valence-corrected chi connectivity index (χ3v) is 1.43. The fourth-order valence-electron chi connectivity index (χ4n) is 0.110. The van der Waals surface area contributed by atoms with Gasteiger partial charge in [0.15, 0.2) is 0 Å². The van der Waals surface area contributed by atoms with Crippen LogP contribution in [0.1, 0.15) is 0 Å². The fourth-order valence-corrected chi connectivity index (χ4v) is 0.329. The van der Waals surface area contributed by atoms with Gasteiger partial charge in [0.2, 0.25) is 0 Å². The molecule has 3 nitrogen and oxygen atoms in total. The molecule has 0 amide bonds. The normalized spacial score (nSPS) is 10.6. The maximum absolute atomic E-state index is 10.1. The first-order valence-corrected chi connectivity index (χ1v) is 3.28. The maximum atomic E-state index is 10.1. The summed E-state index contributed by atoms with van der Waals surface area (Å²) < 4.78 is 20.1. The minimum atomic E-state index is -3.82. The molecule has 0 unspecified atom stereocenters. The van der Waals surface area contributed by atoms with Gasteiger partial charge in [0.25, 0.3) is 10.0 Å². The van der Waals surface area contributed by atoms with Crippen molar-refractivity contribution >= 4 is 10.0 Å². The quantitative estimate of drug-likeness (QED) is 0.507. The van der Waals surface area contributed by atoms with Crippen LogP contribution in [0.25, 0.3) is 0 Å². The highest BCUT2D eigenvalue weighted by Crippen LogP contribution is 1.97. The zero-order valence-corrected chi connectivity index (χ0v) is 5.03. The summed E-state index contributed by atoms with van der Waals surface area (Å²) in [6, 6.07) is 0. The minimum absolute atomic E-state index is 0.266. The molecule has 0 heterocycles. The molecule has 1 radical (unpaired) electrons. The van der Waals surface area contributed by atoms with Crippen molar-refractivity contribution in [3.05, 3.63) is 24.1 Å². The Labute approximate surface area is 48.6 Å². The molecule has 0 saturated heterocycles. The molecular formula is C4H6NO2S. The van der Waals surface area contributed by atoms with E-state index in [1.165, 1.54) is 0 Å². The van der Waals surface area contributed by atoms with Crippen LogP contribution < -0.4 is 5.14 Å². The molecule has 0 bridgehead atoms. The van der Waals surface area contributed by atoms with Crippen molar-refractivity contribution in [1.82, 2.24) is 5.14 Å². The lowest BCUT2D eigenvalue weighted by Crippen LogP contribution is -1.99. The standard InChI is InChI=1S/C4H6NO2S/c1-3-4(2)8(5,6)7/h3,5H,1-2H2. The third kappa shape index (κ3) is 1.90. The zero-order valence-electron chi connectivity index (χ0n) is 4.22. The van der Waals surface area contributed by atoms with Crippen molar-refractivity contribution in [3.8, 4) is 0 Å². The summed E-state index contributed by atoms with van der Waals surface area (Å²) in [7, 11) is -3.82. The van der Waals surface area contributed by atoms with Gasteiger partial charge in [0.1, 0.15) is 0 Å². The topological polar surface area (TPSA) is 57.9 Å². The predicted molar refractivity (Wildman–Crippen MR) is 31.4 cm³/mol. The first-order chi connectivity index (χ1) is 3.48. The van der Waals surface area contributed by atoms with Gasteiger partial charge in [-0.15, -0.1) is 5.14 Å². The summed E-state index contributed by atoms with van der Waals surface area (Å²) in [5.74, 6) is 0. The van der Waals surface area contributed by atoms with Gasteiger partial charge >= 0.3 is 0 Å². The van der Waals surface area contributed by atoms with E-state index in [1.807, 2.05) is 0 Å². The number of sulfonamides is 1. The van der Waals surface area contributed by atoms with E-state index in [2.05, 4.69) is 13.2 Å². The van der Waals surface area contributed by atoms with Crippen LogP contribution in [0.15, 0.2) is 24.1 Å². The lowest BCUT2D eigenvalue weighted by Gasteiger charge is -1.88. The molecule has 1 N–H and O–H groups in total. The molecule has 4 heteroatoms. The first kappa shape index (κ1) is 7.39. The van der Waals surface area contributed by atoms with Crippen molar-refractivity contribution in [3.63, 3.8) is 0 Å². The van der Waals surface area contributed by atoms with E-state index in [1.54, 1.807) is 0 Å². The highest BCUT2D eigenvalue weighted by atomic mass is 32.2. The van der Waals surface area contributed by atoms with Gasteiger partial charge in [0, 0.05) is 0 Å². The highest BCUT2D eigenvalue weighted by Gasteiger charge is 2.03. The number of hydrogen-bond acceptors (Lipinski definition) is 2. The third-order valence-electron chi connectivity index (χ3n) is 0.573. The Morgan fingerprint density at radius 3 is 2.00 bits per heavy atom. The first-order valence-electron chi connectivity index (χ1n) is 1.79. The summed E-state index contributed by atoms with van der Waals surface area (Å²) in [5.41, 5.74) is 0. The van der Waals surface area contributed by atoms with E-state index in [0.717, 1.165) is 6.08 Å². The van der Waals surface area contributed by atoms with Gasteiger partial charge < -0.3 is 0 Å². The van der Waals surface area contributed by atoms with Crippen LogP contribution >= 0.6 is 0 Å². The zero-order chi connectivity index (χ0) is 6.78. The molecule has 0 aliphatic rings. The van der Waals surface area contributed by atoms with Crippen LogP contribution in [0.5, 0.6) is 0 Å². The molecular weight excluding hydrogens is 126 g/mol. The second kappa shape index (κ2) is 2.11. The summed E-state index contributed by atoms with van der Waals surface area (Å²) in [5, 5.41) is 6.34. The molecule has 0 aliphatic carbocycles. The molecule has 0 atom stereocenters. The van der Waals surface area contributed by atoms with Crippen LogP contribution in [0.2, 0.25) is 0 Å². The predicted octanol–water partition coefficient (Wildman–Crippen LogP) is 0.299. The number of hydrogen-bond donors (Lipinski definition) is 0. The van der Waals surface area contributed by atoms with Crippen molar-refractivity contribution < 1.29 is 8.42 Å². The van der Waals surface area contributed by atoms with Gasteiger partial charge in [-0.1, -0.05) is 13.2 Å². The Morgan fingerprint density at radius 2 is 2.00 bits per heavy atom. The van der Waals surface area contributed by atoms with E-state index in [0.29, 0.717) is 0 Å². The monoisotopic (exact) mass is 132 g/mol. The molecule has 0 aromatic rings. The van der Waals surface area contributed by atoms with E-state index in [-0.39, 0.29) is 4.91 Å². The Morgan fingerprint density at radius 1 is 1.62 bits per heavy atom. The van der Waals surface area contributed by atoms with E-state index < -0.39 is 10.0 Å². The van der Waals surface area contributed by atoms with Crippen LogP contribution in [-0.2, 0) is 10.0 Å². The van der Waals surface area contributed by atoms with Gasteiger partial charge in [-0.25, -0.2) is 8.42 Å². The van der Waals surface area contributed by atoms with Crippen LogP contribution in [-0.4, -0.2) is 8.42 Å². The van der Waals surface area contributed by atoms with E-state index >= 15 is 0 Å². The van der Waals surface area contributed by atoms with Gasteiger partial charge in [-0.3, -0.25) is 0 Å². The second-order valence-corrected chi connectivity index (χ2v) is 2.71. The van der Waals surface area contributed by atoms with E-state index in [4.69, 9.17) is 5.14 Å². The molecule has 0 aromatic heterocycles. The van der Waals surface area contributed by atoms with Crippen molar-refractivity contribution in [2.45, 2.75) is 0 Å². The molecule has 0 aliphatic heterocycles. The summed E-state index contributed by atoms with van der Waals surface area (Å²) in [6.07, 6.45) is 1.03. The average molecular weight is 132 g/mol. The Kier molecular flexibility index (Phi) is 1.94. The SMILES string of the molecule is C=CC(=C)S([NH])(=O)=O. The summed E-state index contributed by atoms with van der Waals surface area (Å²) >= 11 is 0. The molecule has 0 saturated carbocycles. The minimum Gasteiger partial charge on any atom is -0.206 e. The van der Waals surface area contributed by atoms with Crippen LogP contribution in [0, 0.1) is 0 Å². The Balaban J connectivity index is 4.53. The van der Waals surface area contributed by atoms with Crippen molar-refractivity contribution in [2.24, 2.45) is 0 Å². The average Bonchev–Trinajstić information content (AvgIpc) is 1.62. The fraction of sp³-hybridized carbons (Fsp3) is 0. The van der Waals surface area contributed by atoms with Gasteiger partial charge in [0.05, 0.1) is 4.91 Å². The smallest absolute Gasteiger partial charge is 0.206 e. The highest BCUT2D eigenvalue weighted by molar-refractivity contribution is 7.92. The van der Waals surface area contributed by atoms with Gasteiger partial charge in [-0.05, 0) is 6.08 Å². The molecule has 0 spiro atoms. The Bertz CT molecular complexity index is 202. The van der Waals surface area contributed by atoms with Crippen LogP contribution in [0.3, 0.4) is 0 Å². The molecule has 8 heavy (non-hydrogen) atoms. The summed E-state index contributed by atoms with van der Waals surface area (Å²) in [6.45, 7) is 6.18. The van der Waals surface area contributed by atoms with Crippen LogP contribution in [0.4, 0.5) is 0 Å². The van der Waals surface area contributed by atoms with Crippen molar-refractivity contribution in [1.29, 1.82) is 0 Å². The lowest BCUT2D eigenvalue weighted by atomic mass is 10.6. The summed E-state index contributed by atoms with van der Waals surface area (Å²) in [4.78, 5) is -0.266. The number of rotatable bonds is 2. The largest absolute Gasteiger partial charge is 0.253 e.